The number of rotatable bonds is 12. The molecule has 1 amide bonds. The Morgan fingerprint density at radius 1 is 0.941 bits per heavy atom. The van der Waals surface area contributed by atoms with Gasteiger partial charge in [-0.2, -0.15) is 18.2 Å². The zero-order valence-electron chi connectivity index (χ0n) is 29.1. The summed E-state index contributed by atoms with van der Waals surface area (Å²) in [5, 5.41) is 9.85. The molecule has 3 aromatic carbocycles. The Morgan fingerprint density at radius 3 is 2.31 bits per heavy atom. The number of halogens is 3. The molecule has 3 N–H and O–H groups in total. The van der Waals surface area contributed by atoms with Crippen LogP contribution in [0.2, 0.25) is 0 Å². The van der Waals surface area contributed by atoms with Crippen LogP contribution in [0.5, 0.6) is 5.75 Å². The first kappa shape index (κ1) is 36.1. The van der Waals surface area contributed by atoms with E-state index in [9.17, 15) is 18.0 Å². The third-order valence-corrected chi connectivity index (χ3v) is 9.85. The van der Waals surface area contributed by atoms with Crippen molar-refractivity contribution in [1.82, 2.24) is 25.5 Å². The molecule has 51 heavy (non-hydrogen) atoms. The molecule has 2 aliphatic rings. The SMILES string of the molecule is COc1cc(C(=O)NC2CCN(C)CC2)ccc1Nc1ncc(C(F)(F)F)c(N(Cc2ccccc2)[C@@H]2CCCC[C@H]2NCc2ccccc2)n1. The van der Waals surface area contributed by atoms with Gasteiger partial charge in [-0.05, 0) is 75.1 Å². The Labute approximate surface area is 297 Å². The number of hydrogen-bond acceptors (Lipinski definition) is 8. The maximum atomic E-state index is 14.8. The Balaban J connectivity index is 1.30. The molecule has 0 bridgehead atoms. The molecule has 270 valence electrons. The van der Waals surface area contributed by atoms with Crippen LogP contribution < -0.4 is 25.6 Å². The van der Waals surface area contributed by atoms with Gasteiger partial charge < -0.3 is 30.5 Å². The summed E-state index contributed by atoms with van der Waals surface area (Å²) in [6.07, 6.45) is 1.33. The molecule has 2 heterocycles. The van der Waals surface area contributed by atoms with E-state index in [2.05, 4.69) is 37.9 Å². The second kappa shape index (κ2) is 16.6. The third kappa shape index (κ3) is 9.36. The standard InChI is InChI=1S/C39H46F3N7O2/c1-48-21-19-30(20-22-48)45-37(50)29-17-18-33(35(23-29)51-2)46-38-44-25-31(39(40,41)42)36(47-38)49(26-28-13-7-4-8-14-28)34-16-10-9-15-32(34)43-24-27-11-5-3-6-12-27/h3-8,11-14,17-18,23,25,30,32,34,43H,9-10,15-16,19-22,24,26H2,1-2H3,(H,45,50)(H,44,46,47)/t32-,34-/m1/s1. The maximum Gasteiger partial charge on any atom is 0.421 e. The van der Waals surface area contributed by atoms with Crippen molar-refractivity contribution in [2.24, 2.45) is 0 Å². The zero-order chi connectivity index (χ0) is 35.8. The smallest absolute Gasteiger partial charge is 0.421 e. The Kier molecular flexibility index (Phi) is 11.7. The van der Waals surface area contributed by atoms with Crippen molar-refractivity contribution in [3.05, 3.63) is 107 Å². The lowest BCUT2D eigenvalue weighted by molar-refractivity contribution is -0.137. The second-order valence-corrected chi connectivity index (χ2v) is 13.5. The third-order valence-electron chi connectivity index (χ3n) is 9.85. The Bertz CT molecular complexity index is 1730. The van der Waals surface area contributed by atoms with Crippen LogP contribution in [0.4, 0.5) is 30.6 Å². The summed E-state index contributed by atoms with van der Waals surface area (Å²) in [5.74, 6) is -0.0607. The van der Waals surface area contributed by atoms with Gasteiger partial charge in [-0.15, -0.1) is 0 Å². The van der Waals surface area contributed by atoms with Gasteiger partial charge in [-0.25, -0.2) is 4.98 Å². The zero-order valence-corrected chi connectivity index (χ0v) is 29.1. The number of alkyl halides is 3. The van der Waals surface area contributed by atoms with Gasteiger partial charge >= 0.3 is 6.18 Å². The summed E-state index contributed by atoms with van der Waals surface area (Å²) in [6, 6.07) is 24.2. The number of anilines is 3. The molecule has 9 nitrogen and oxygen atoms in total. The van der Waals surface area contributed by atoms with Crippen molar-refractivity contribution in [1.29, 1.82) is 0 Å². The fraction of sp³-hybridized carbons (Fsp3) is 0.410. The number of hydrogen-bond donors (Lipinski definition) is 3. The fourth-order valence-electron chi connectivity index (χ4n) is 7.03. The van der Waals surface area contributed by atoms with E-state index in [0.717, 1.165) is 62.5 Å². The molecule has 1 aliphatic carbocycles. The summed E-state index contributed by atoms with van der Waals surface area (Å²) in [6.45, 7) is 2.68. The molecule has 1 aliphatic heterocycles. The summed E-state index contributed by atoms with van der Waals surface area (Å²) in [7, 11) is 3.54. The average molecular weight is 702 g/mol. The largest absolute Gasteiger partial charge is 0.495 e. The predicted molar refractivity (Wildman–Crippen MR) is 193 cm³/mol. The van der Waals surface area contributed by atoms with Gasteiger partial charge in [0, 0.05) is 43.0 Å². The van der Waals surface area contributed by atoms with Crippen LogP contribution in [-0.4, -0.2) is 66.1 Å². The molecular formula is C39H46F3N7O2. The van der Waals surface area contributed by atoms with Gasteiger partial charge in [-0.3, -0.25) is 4.79 Å². The minimum absolute atomic E-state index is 0.0116. The van der Waals surface area contributed by atoms with E-state index >= 15 is 0 Å². The van der Waals surface area contributed by atoms with E-state index in [0.29, 0.717) is 30.0 Å². The van der Waals surface area contributed by atoms with Gasteiger partial charge in [0.05, 0.1) is 12.8 Å². The van der Waals surface area contributed by atoms with Crippen LogP contribution in [0.3, 0.4) is 0 Å². The first-order chi connectivity index (χ1) is 24.7. The number of benzene rings is 3. The second-order valence-electron chi connectivity index (χ2n) is 13.5. The van der Waals surface area contributed by atoms with Crippen LogP contribution in [0.15, 0.2) is 85.1 Å². The molecule has 2 atom stereocenters. The molecule has 1 aromatic heterocycles. The summed E-state index contributed by atoms with van der Waals surface area (Å²) < 4.78 is 49.9. The molecular weight excluding hydrogens is 655 g/mol. The molecule has 0 unspecified atom stereocenters. The highest BCUT2D eigenvalue weighted by atomic mass is 19.4. The topological polar surface area (TPSA) is 94.7 Å². The van der Waals surface area contributed by atoms with Gasteiger partial charge in [0.15, 0.2) is 0 Å². The number of carbonyl (C=O) groups excluding carboxylic acids is 1. The maximum absolute atomic E-state index is 14.8. The summed E-state index contributed by atoms with van der Waals surface area (Å²) >= 11 is 0. The molecule has 6 rings (SSSR count). The minimum Gasteiger partial charge on any atom is -0.495 e. The van der Waals surface area contributed by atoms with E-state index in [1.807, 2.05) is 60.7 Å². The number of aromatic nitrogens is 2. The van der Waals surface area contributed by atoms with Crippen molar-refractivity contribution in [3.63, 3.8) is 0 Å². The van der Waals surface area contributed by atoms with Crippen LogP contribution in [0.25, 0.3) is 0 Å². The van der Waals surface area contributed by atoms with E-state index in [-0.39, 0.29) is 42.3 Å². The summed E-state index contributed by atoms with van der Waals surface area (Å²) in [4.78, 5) is 25.9. The van der Waals surface area contributed by atoms with Gasteiger partial charge in [0.2, 0.25) is 5.95 Å². The highest BCUT2D eigenvalue weighted by molar-refractivity contribution is 5.95. The lowest BCUT2D eigenvalue weighted by Crippen LogP contribution is -2.52. The number of likely N-dealkylation sites (tertiary alicyclic amines) is 1. The quantitative estimate of drug-likeness (QED) is 0.143. The first-order valence-corrected chi connectivity index (χ1v) is 17.6. The first-order valence-electron chi connectivity index (χ1n) is 17.6. The number of carbonyl (C=O) groups is 1. The molecule has 12 heteroatoms. The van der Waals surface area contributed by atoms with Gasteiger partial charge in [-0.1, -0.05) is 73.5 Å². The van der Waals surface area contributed by atoms with Crippen LogP contribution in [0, 0.1) is 0 Å². The Hall–Kier alpha value is -4.68. The van der Waals surface area contributed by atoms with Gasteiger partial charge in [0.25, 0.3) is 5.91 Å². The minimum atomic E-state index is -4.69. The van der Waals surface area contributed by atoms with E-state index < -0.39 is 11.7 Å². The monoisotopic (exact) mass is 701 g/mol. The number of methoxy groups -OCH3 is 1. The van der Waals surface area contributed by atoms with Crippen molar-refractivity contribution in [2.75, 3.05) is 37.5 Å². The number of amides is 1. The van der Waals surface area contributed by atoms with Crippen LogP contribution >= 0.6 is 0 Å². The van der Waals surface area contributed by atoms with Crippen molar-refractivity contribution in [3.8, 4) is 5.75 Å². The lowest BCUT2D eigenvalue weighted by atomic mass is 9.88. The van der Waals surface area contributed by atoms with Crippen LogP contribution in [-0.2, 0) is 19.3 Å². The molecule has 0 radical (unpaired) electrons. The summed E-state index contributed by atoms with van der Waals surface area (Å²) in [5.41, 5.74) is 1.94. The predicted octanol–water partition coefficient (Wildman–Crippen LogP) is 7.18. The highest BCUT2D eigenvalue weighted by Crippen LogP contribution is 2.39. The molecule has 1 saturated carbocycles. The Morgan fingerprint density at radius 2 is 1.63 bits per heavy atom. The molecule has 4 aromatic rings. The normalized spacial score (nSPS) is 18.6. The van der Waals surface area contributed by atoms with Crippen molar-refractivity contribution >= 4 is 23.4 Å². The number of nitrogens with one attached hydrogen (secondary N) is 3. The van der Waals surface area contributed by atoms with E-state index in [1.54, 1.807) is 23.1 Å². The lowest BCUT2D eigenvalue weighted by Gasteiger charge is -2.42. The molecule has 0 spiro atoms. The van der Waals surface area contributed by atoms with E-state index in [1.165, 1.54) is 7.11 Å². The molecule has 2 fully saturated rings. The molecule has 1 saturated heterocycles. The van der Waals surface area contributed by atoms with E-state index in [4.69, 9.17) is 4.74 Å². The van der Waals surface area contributed by atoms with Crippen molar-refractivity contribution < 1.29 is 22.7 Å². The number of piperidine rings is 1. The highest BCUT2D eigenvalue weighted by Gasteiger charge is 2.40. The van der Waals surface area contributed by atoms with Crippen molar-refractivity contribution in [2.45, 2.75) is 75.9 Å². The average Bonchev–Trinajstić information content (AvgIpc) is 3.14. The van der Waals surface area contributed by atoms with Gasteiger partial charge in [0.1, 0.15) is 17.1 Å². The number of nitrogens with zero attached hydrogens (tertiary/aromatic N) is 4. The fourth-order valence-corrected chi connectivity index (χ4v) is 7.03. The van der Waals surface area contributed by atoms with Crippen LogP contribution in [0.1, 0.15) is 65.6 Å². The number of ether oxygens (including phenoxy) is 1.